The van der Waals surface area contributed by atoms with Gasteiger partial charge in [-0.05, 0) is 40.2 Å². The van der Waals surface area contributed by atoms with Crippen LogP contribution < -0.4 is 10.6 Å². The van der Waals surface area contributed by atoms with Gasteiger partial charge in [0, 0.05) is 11.0 Å². The molecular formula is C12H17BrN2O2S. The Labute approximate surface area is 119 Å². The van der Waals surface area contributed by atoms with Gasteiger partial charge in [-0.25, -0.2) is 0 Å². The van der Waals surface area contributed by atoms with Crippen molar-refractivity contribution in [2.45, 2.75) is 26.8 Å². The molecule has 0 fully saturated rings. The second kappa shape index (κ2) is 6.89. The zero-order valence-corrected chi connectivity index (χ0v) is 13.0. The average Bonchev–Trinajstić information content (AvgIpc) is 2.72. The molecule has 1 unspecified atom stereocenters. The van der Waals surface area contributed by atoms with Crippen LogP contribution in [-0.4, -0.2) is 24.4 Å². The molecule has 0 radical (unpaired) electrons. The highest BCUT2D eigenvalue weighted by Gasteiger charge is 2.18. The summed E-state index contributed by atoms with van der Waals surface area (Å²) in [6.07, 6.45) is 0. The van der Waals surface area contributed by atoms with Crippen LogP contribution in [0, 0.1) is 5.92 Å². The number of rotatable bonds is 5. The first-order chi connectivity index (χ1) is 8.41. The zero-order chi connectivity index (χ0) is 13.7. The van der Waals surface area contributed by atoms with E-state index in [9.17, 15) is 9.59 Å². The molecule has 0 saturated heterocycles. The van der Waals surface area contributed by atoms with Gasteiger partial charge < -0.3 is 10.6 Å². The number of carbonyl (C=O) groups is 2. The van der Waals surface area contributed by atoms with E-state index in [2.05, 4.69) is 26.6 Å². The fourth-order valence-corrected chi connectivity index (χ4v) is 2.70. The minimum absolute atomic E-state index is 0.162. The number of hydrogen-bond acceptors (Lipinski definition) is 3. The van der Waals surface area contributed by atoms with Crippen molar-refractivity contribution in [1.29, 1.82) is 0 Å². The fourth-order valence-electron chi connectivity index (χ4n) is 1.24. The van der Waals surface area contributed by atoms with Gasteiger partial charge in [0.15, 0.2) is 0 Å². The molecule has 100 valence electrons. The molecule has 1 aromatic heterocycles. The van der Waals surface area contributed by atoms with Crippen LogP contribution >= 0.6 is 27.3 Å². The predicted octanol–water partition coefficient (Wildman–Crippen LogP) is 2.40. The van der Waals surface area contributed by atoms with Gasteiger partial charge in [0.05, 0.1) is 0 Å². The molecule has 0 aliphatic rings. The van der Waals surface area contributed by atoms with Crippen LogP contribution in [0.5, 0.6) is 0 Å². The Morgan fingerprint density at radius 1 is 1.39 bits per heavy atom. The Balaban J connectivity index is 2.49. The lowest BCUT2D eigenvalue weighted by atomic mass is 10.2. The van der Waals surface area contributed by atoms with Crippen LogP contribution in [0.25, 0.3) is 0 Å². The molecule has 1 rings (SSSR count). The molecule has 0 aromatic carbocycles. The second-order valence-corrected chi connectivity index (χ2v) is 6.20. The maximum Gasteiger partial charge on any atom is 0.263 e. The lowest BCUT2D eigenvalue weighted by Gasteiger charge is -2.14. The van der Waals surface area contributed by atoms with Gasteiger partial charge >= 0.3 is 0 Å². The molecule has 0 saturated carbocycles. The van der Waals surface area contributed by atoms with Crippen LogP contribution in [0.4, 0.5) is 0 Å². The summed E-state index contributed by atoms with van der Waals surface area (Å²) in [4.78, 5) is 24.2. The minimum Gasteiger partial charge on any atom is -0.354 e. The summed E-state index contributed by atoms with van der Waals surface area (Å²) in [6.45, 7) is 6.33. The van der Waals surface area contributed by atoms with E-state index in [-0.39, 0.29) is 11.8 Å². The van der Waals surface area contributed by atoms with E-state index in [0.29, 0.717) is 17.3 Å². The number of nitrogens with one attached hydrogen (secondary N) is 2. The lowest BCUT2D eigenvalue weighted by molar-refractivity contribution is -0.122. The Hall–Kier alpha value is -0.880. The second-order valence-electron chi connectivity index (χ2n) is 4.43. The molecule has 6 heteroatoms. The van der Waals surface area contributed by atoms with Crippen molar-refractivity contribution < 1.29 is 9.59 Å². The summed E-state index contributed by atoms with van der Waals surface area (Å²) in [5.41, 5.74) is 0. The van der Waals surface area contributed by atoms with Crippen LogP contribution in [0.3, 0.4) is 0 Å². The largest absolute Gasteiger partial charge is 0.354 e. The van der Waals surface area contributed by atoms with Crippen molar-refractivity contribution in [2.75, 3.05) is 6.54 Å². The molecule has 0 spiro atoms. The highest BCUT2D eigenvalue weighted by molar-refractivity contribution is 9.10. The zero-order valence-electron chi connectivity index (χ0n) is 10.6. The van der Waals surface area contributed by atoms with Gasteiger partial charge in [-0.1, -0.05) is 13.8 Å². The van der Waals surface area contributed by atoms with E-state index in [0.717, 1.165) is 4.47 Å². The molecule has 0 aliphatic carbocycles. The van der Waals surface area contributed by atoms with Crippen molar-refractivity contribution in [3.63, 3.8) is 0 Å². The Morgan fingerprint density at radius 2 is 2.06 bits per heavy atom. The first kappa shape index (κ1) is 15.2. The summed E-state index contributed by atoms with van der Waals surface area (Å²) in [7, 11) is 0. The summed E-state index contributed by atoms with van der Waals surface area (Å²) >= 11 is 4.63. The number of carbonyl (C=O) groups excluding carboxylic acids is 2. The highest BCUT2D eigenvalue weighted by atomic mass is 79.9. The predicted molar refractivity (Wildman–Crippen MR) is 76.8 cm³/mol. The Kier molecular flexibility index (Phi) is 5.81. The number of amides is 2. The molecule has 2 amide bonds. The van der Waals surface area contributed by atoms with Gasteiger partial charge in [-0.2, -0.15) is 0 Å². The van der Waals surface area contributed by atoms with Gasteiger partial charge in [-0.15, -0.1) is 11.3 Å². The standard InChI is InChI=1S/C12H17BrN2O2S/c1-7(2)6-14-11(16)8(3)15-12(17)10-9(13)4-5-18-10/h4-5,7-8H,6H2,1-3H3,(H,14,16)(H,15,17). The van der Waals surface area contributed by atoms with Crippen molar-refractivity contribution in [3.8, 4) is 0 Å². The quantitative estimate of drug-likeness (QED) is 0.869. The molecule has 2 N–H and O–H groups in total. The topological polar surface area (TPSA) is 58.2 Å². The Morgan fingerprint density at radius 3 is 2.56 bits per heavy atom. The van der Waals surface area contributed by atoms with Gasteiger partial charge in [0.1, 0.15) is 10.9 Å². The molecule has 0 aliphatic heterocycles. The highest BCUT2D eigenvalue weighted by Crippen LogP contribution is 2.22. The summed E-state index contributed by atoms with van der Waals surface area (Å²) < 4.78 is 0.750. The van der Waals surface area contributed by atoms with E-state index < -0.39 is 6.04 Å². The van der Waals surface area contributed by atoms with Crippen molar-refractivity contribution >= 4 is 39.1 Å². The average molecular weight is 333 g/mol. The summed E-state index contributed by atoms with van der Waals surface area (Å²) in [5, 5.41) is 7.28. The molecular weight excluding hydrogens is 316 g/mol. The lowest BCUT2D eigenvalue weighted by Crippen LogP contribution is -2.45. The first-order valence-electron chi connectivity index (χ1n) is 5.73. The van der Waals surface area contributed by atoms with Crippen LogP contribution in [0.2, 0.25) is 0 Å². The number of hydrogen-bond donors (Lipinski definition) is 2. The maximum absolute atomic E-state index is 11.9. The maximum atomic E-state index is 11.9. The monoisotopic (exact) mass is 332 g/mol. The Bertz CT molecular complexity index is 431. The van der Waals surface area contributed by atoms with Crippen molar-refractivity contribution in [2.24, 2.45) is 5.92 Å². The number of halogens is 1. The van der Waals surface area contributed by atoms with E-state index in [1.165, 1.54) is 11.3 Å². The van der Waals surface area contributed by atoms with Gasteiger partial charge in [-0.3, -0.25) is 9.59 Å². The molecule has 1 heterocycles. The normalized spacial score (nSPS) is 12.3. The van der Waals surface area contributed by atoms with Gasteiger partial charge in [0.2, 0.25) is 5.91 Å². The SMILES string of the molecule is CC(C)CNC(=O)C(C)NC(=O)c1sccc1Br. The van der Waals surface area contributed by atoms with Crippen LogP contribution in [0.15, 0.2) is 15.9 Å². The fraction of sp³-hybridized carbons (Fsp3) is 0.500. The molecule has 0 bridgehead atoms. The van der Waals surface area contributed by atoms with Crippen LogP contribution in [0.1, 0.15) is 30.4 Å². The van der Waals surface area contributed by atoms with E-state index in [4.69, 9.17) is 0 Å². The minimum atomic E-state index is -0.537. The smallest absolute Gasteiger partial charge is 0.263 e. The van der Waals surface area contributed by atoms with E-state index in [1.807, 2.05) is 25.3 Å². The van der Waals surface area contributed by atoms with Gasteiger partial charge in [0.25, 0.3) is 5.91 Å². The summed E-state index contributed by atoms with van der Waals surface area (Å²) in [6, 6.07) is 1.27. The van der Waals surface area contributed by atoms with Crippen molar-refractivity contribution in [1.82, 2.24) is 10.6 Å². The summed E-state index contributed by atoms with van der Waals surface area (Å²) in [5.74, 6) is -0.00269. The van der Waals surface area contributed by atoms with Crippen molar-refractivity contribution in [3.05, 3.63) is 20.8 Å². The molecule has 4 nitrogen and oxygen atoms in total. The molecule has 1 atom stereocenters. The first-order valence-corrected chi connectivity index (χ1v) is 7.40. The third-order valence-electron chi connectivity index (χ3n) is 2.25. The van der Waals surface area contributed by atoms with E-state index in [1.54, 1.807) is 6.92 Å². The third-order valence-corrected chi connectivity index (χ3v) is 4.09. The molecule has 1 aromatic rings. The molecule has 18 heavy (non-hydrogen) atoms. The number of thiophene rings is 1. The van der Waals surface area contributed by atoms with Crippen LogP contribution in [-0.2, 0) is 4.79 Å². The third kappa shape index (κ3) is 4.42. The van der Waals surface area contributed by atoms with E-state index >= 15 is 0 Å².